The van der Waals surface area contributed by atoms with Crippen LogP contribution in [0.2, 0.25) is 0 Å². The van der Waals surface area contributed by atoms with Crippen LogP contribution in [0.4, 0.5) is 0 Å². The Hall–Kier alpha value is -1.26. The van der Waals surface area contributed by atoms with Crippen molar-refractivity contribution in [3.63, 3.8) is 0 Å². The maximum Gasteiger partial charge on any atom is 0.231 e. The molecule has 0 aliphatic carbocycles. The van der Waals surface area contributed by atoms with Gasteiger partial charge >= 0.3 is 0 Å². The van der Waals surface area contributed by atoms with Crippen molar-refractivity contribution >= 4 is 0 Å². The molecule has 0 aromatic heterocycles. The first-order valence-electron chi connectivity index (χ1n) is 6.21. The van der Waals surface area contributed by atoms with Crippen molar-refractivity contribution in [1.82, 2.24) is 0 Å². The Labute approximate surface area is 108 Å². The smallest absolute Gasteiger partial charge is 0.231 e. The molecule has 100 valence electrons. The lowest BCUT2D eigenvalue weighted by Gasteiger charge is -2.29. The monoisotopic (exact) mass is 251 g/mol. The van der Waals surface area contributed by atoms with Crippen molar-refractivity contribution in [3.05, 3.63) is 23.8 Å². The maximum atomic E-state index is 5.88. The first-order valence-corrected chi connectivity index (χ1v) is 6.21. The molecule has 18 heavy (non-hydrogen) atoms. The largest absolute Gasteiger partial charge is 0.454 e. The molecule has 2 N–H and O–H groups in total. The van der Waals surface area contributed by atoms with Gasteiger partial charge in [0.25, 0.3) is 0 Å². The zero-order valence-corrected chi connectivity index (χ0v) is 11.2. The van der Waals surface area contributed by atoms with Gasteiger partial charge in [0.2, 0.25) is 6.79 Å². The van der Waals surface area contributed by atoms with E-state index in [2.05, 4.69) is 20.8 Å². The lowest BCUT2D eigenvalue weighted by atomic mass is 9.89. The molecule has 1 aromatic rings. The average molecular weight is 251 g/mol. The van der Waals surface area contributed by atoms with E-state index in [-0.39, 0.29) is 11.5 Å². The Kier molecular flexibility index (Phi) is 3.78. The fourth-order valence-corrected chi connectivity index (χ4v) is 1.90. The standard InChI is InChI=1S/C14H21NO3/c1-14(2,3)13(7-15)16-8-10-4-5-11-12(6-10)18-9-17-11/h4-6,13H,7-9,15H2,1-3H3. The van der Waals surface area contributed by atoms with Crippen LogP contribution in [0.3, 0.4) is 0 Å². The van der Waals surface area contributed by atoms with Crippen LogP contribution in [0.25, 0.3) is 0 Å². The Morgan fingerprint density at radius 1 is 1.28 bits per heavy atom. The van der Waals surface area contributed by atoms with Crippen molar-refractivity contribution in [1.29, 1.82) is 0 Å². The van der Waals surface area contributed by atoms with E-state index in [0.29, 0.717) is 19.9 Å². The molecular formula is C14H21NO3. The van der Waals surface area contributed by atoms with Crippen LogP contribution in [0.1, 0.15) is 26.3 Å². The molecule has 0 spiro atoms. The highest BCUT2D eigenvalue weighted by Crippen LogP contribution is 2.33. The summed E-state index contributed by atoms with van der Waals surface area (Å²) in [5.41, 5.74) is 6.86. The van der Waals surface area contributed by atoms with Crippen molar-refractivity contribution in [3.8, 4) is 11.5 Å². The molecule has 0 radical (unpaired) electrons. The van der Waals surface area contributed by atoms with Crippen LogP contribution in [0, 0.1) is 5.41 Å². The molecule has 1 heterocycles. The fraction of sp³-hybridized carbons (Fsp3) is 0.571. The quantitative estimate of drug-likeness (QED) is 0.892. The van der Waals surface area contributed by atoms with Crippen molar-refractivity contribution in [2.45, 2.75) is 33.5 Å². The summed E-state index contributed by atoms with van der Waals surface area (Å²) in [5.74, 6) is 1.58. The Morgan fingerprint density at radius 2 is 2.00 bits per heavy atom. The topological polar surface area (TPSA) is 53.7 Å². The molecule has 4 nitrogen and oxygen atoms in total. The summed E-state index contributed by atoms with van der Waals surface area (Å²) in [6.07, 6.45) is 0.0444. The van der Waals surface area contributed by atoms with Crippen LogP contribution >= 0.6 is 0 Å². The summed E-state index contributed by atoms with van der Waals surface area (Å²) in [4.78, 5) is 0. The van der Waals surface area contributed by atoms with Crippen molar-refractivity contribution in [2.75, 3.05) is 13.3 Å². The van der Waals surface area contributed by atoms with Gasteiger partial charge in [-0.15, -0.1) is 0 Å². The van der Waals surface area contributed by atoms with E-state index < -0.39 is 0 Å². The first kappa shape index (κ1) is 13.2. The Morgan fingerprint density at radius 3 is 2.67 bits per heavy atom. The van der Waals surface area contributed by atoms with E-state index in [1.165, 1.54) is 0 Å². The van der Waals surface area contributed by atoms with E-state index in [4.69, 9.17) is 19.9 Å². The van der Waals surface area contributed by atoms with Gasteiger partial charge in [0, 0.05) is 6.54 Å². The van der Waals surface area contributed by atoms with Crippen LogP contribution in [0.15, 0.2) is 18.2 Å². The maximum absolute atomic E-state index is 5.88. The fourth-order valence-electron chi connectivity index (χ4n) is 1.90. The minimum Gasteiger partial charge on any atom is -0.454 e. The third-order valence-corrected chi connectivity index (χ3v) is 3.07. The summed E-state index contributed by atoms with van der Waals surface area (Å²) < 4.78 is 16.5. The minimum absolute atomic E-state index is 0.0444. The summed E-state index contributed by atoms with van der Waals surface area (Å²) in [7, 11) is 0. The normalized spacial score (nSPS) is 15.8. The number of hydrogen-bond acceptors (Lipinski definition) is 4. The van der Waals surface area contributed by atoms with Gasteiger partial charge in [-0.05, 0) is 23.1 Å². The third kappa shape index (κ3) is 2.94. The van der Waals surface area contributed by atoms with Crippen molar-refractivity contribution < 1.29 is 14.2 Å². The van der Waals surface area contributed by atoms with E-state index in [0.717, 1.165) is 17.1 Å². The molecule has 1 aromatic carbocycles. The second kappa shape index (κ2) is 5.16. The number of hydrogen-bond donors (Lipinski definition) is 1. The molecule has 1 atom stereocenters. The lowest BCUT2D eigenvalue weighted by molar-refractivity contribution is -0.0216. The van der Waals surface area contributed by atoms with Gasteiger partial charge in [-0.1, -0.05) is 26.8 Å². The molecule has 1 aliphatic heterocycles. The molecule has 0 amide bonds. The van der Waals surface area contributed by atoms with Gasteiger partial charge in [0.05, 0.1) is 12.7 Å². The molecular weight excluding hydrogens is 230 g/mol. The number of rotatable bonds is 4. The van der Waals surface area contributed by atoms with Crippen LogP contribution in [-0.4, -0.2) is 19.4 Å². The number of ether oxygens (including phenoxy) is 3. The zero-order valence-electron chi connectivity index (χ0n) is 11.2. The van der Waals surface area contributed by atoms with E-state index >= 15 is 0 Å². The average Bonchev–Trinajstić information content (AvgIpc) is 2.75. The van der Waals surface area contributed by atoms with Crippen LogP contribution < -0.4 is 15.2 Å². The predicted octanol–water partition coefficient (Wildman–Crippen LogP) is 2.31. The van der Waals surface area contributed by atoms with Gasteiger partial charge in [-0.3, -0.25) is 0 Å². The van der Waals surface area contributed by atoms with Gasteiger partial charge in [-0.25, -0.2) is 0 Å². The van der Waals surface area contributed by atoms with E-state index in [1.807, 2.05) is 18.2 Å². The second-order valence-corrected chi connectivity index (χ2v) is 5.59. The van der Waals surface area contributed by atoms with E-state index in [1.54, 1.807) is 0 Å². The first-order chi connectivity index (χ1) is 8.50. The highest BCUT2D eigenvalue weighted by molar-refractivity contribution is 5.44. The summed E-state index contributed by atoms with van der Waals surface area (Å²) in [5, 5.41) is 0. The molecule has 0 bridgehead atoms. The van der Waals surface area contributed by atoms with E-state index in [9.17, 15) is 0 Å². The number of nitrogens with two attached hydrogens (primary N) is 1. The predicted molar refractivity (Wildman–Crippen MR) is 69.7 cm³/mol. The Balaban J connectivity index is 1.98. The zero-order chi connectivity index (χ0) is 13.2. The summed E-state index contributed by atoms with van der Waals surface area (Å²) in [6, 6.07) is 5.86. The van der Waals surface area contributed by atoms with Gasteiger partial charge in [0.15, 0.2) is 11.5 Å². The number of benzene rings is 1. The molecule has 0 saturated carbocycles. The van der Waals surface area contributed by atoms with Gasteiger partial charge in [-0.2, -0.15) is 0 Å². The summed E-state index contributed by atoms with van der Waals surface area (Å²) in [6.45, 7) is 7.75. The lowest BCUT2D eigenvalue weighted by Crippen LogP contribution is -2.36. The molecule has 0 saturated heterocycles. The highest BCUT2D eigenvalue weighted by Gasteiger charge is 2.24. The highest BCUT2D eigenvalue weighted by atomic mass is 16.7. The van der Waals surface area contributed by atoms with Crippen LogP contribution in [-0.2, 0) is 11.3 Å². The molecule has 1 aliphatic rings. The third-order valence-electron chi connectivity index (χ3n) is 3.07. The summed E-state index contributed by atoms with van der Waals surface area (Å²) >= 11 is 0. The minimum atomic E-state index is 0.0444. The van der Waals surface area contributed by atoms with Crippen LogP contribution in [0.5, 0.6) is 11.5 Å². The van der Waals surface area contributed by atoms with Crippen molar-refractivity contribution in [2.24, 2.45) is 11.1 Å². The molecule has 0 fully saturated rings. The van der Waals surface area contributed by atoms with Gasteiger partial charge < -0.3 is 19.9 Å². The second-order valence-electron chi connectivity index (χ2n) is 5.59. The molecule has 1 unspecified atom stereocenters. The Bertz CT molecular complexity index is 412. The van der Waals surface area contributed by atoms with Gasteiger partial charge in [0.1, 0.15) is 0 Å². The SMILES string of the molecule is CC(C)(C)C(CN)OCc1ccc2c(c1)OCO2. The molecule has 2 rings (SSSR count). The molecule has 4 heteroatoms. The number of fused-ring (bicyclic) bond motifs is 1.